The van der Waals surface area contributed by atoms with Gasteiger partial charge in [-0.1, -0.05) is 11.6 Å². The lowest BCUT2D eigenvalue weighted by molar-refractivity contribution is 0.419. The number of nitrogens with zero attached hydrogens (tertiary/aromatic N) is 3. The molecule has 4 rings (SSSR count). The number of nitrogens with two attached hydrogens (primary N) is 1. The van der Waals surface area contributed by atoms with Crippen LogP contribution in [0.2, 0.25) is 5.02 Å². The summed E-state index contributed by atoms with van der Waals surface area (Å²) in [5.41, 5.74) is 8.13. The number of aryl methyl sites for hydroxylation is 1. The minimum Gasteiger partial charge on any atom is -0.382 e. The molecular weight excluding hydrogens is 366 g/mol. The average molecular weight is 383 g/mol. The van der Waals surface area contributed by atoms with Crippen molar-refractivity contribution in [2.24, 2.45) is 0 Å². The van der Waals surface area contributed by atoms with Gasteiger partial charge in [-0.3, -0.25) is 4.68 Å². The van der Waals surface area contributed by atoms with E-state index in [9.17, 15) is 0 Å². The summed E-state index contributed by atoms with van der Waals surface area (Å²) in [6.45, 7) is 2.88. The summed E-state index contributed by atoms with van der Waals surface area (Å²) in [6.07, 6.45) is 6.96. The molecule has 1 aliphatic carbocycles. The minimum absolute atomic E-state index is 0.0441. The smallest absolute Gasteiger partial charge is 0.148 e. The fraction of sp³-hybridized carbons (Fsp3) is 0.467. The van der Waals surface area contributed by atoms with Gasteiger partial charge in [0.25, 0.3) is 0 Å². The summed E-state index contributed by atoms with van der Waals surface area (Å²) in [6, 6.07) is 0.360. The summed E-state index contributed by atoms with van der Waals surface area (Å²) in [5, 5.41) is 8.66. The van der Waals surface area contributed by atoms with Crippen molar-refractivity contribution in [2.75, 3.05) is 17.6 Å². The molecule has 2 aliphatic rings. The average Bonchev–Trinajstić information content (AvgIpc) is 3.16. The zero-order valence-electron chi connectivity index (χ0n) is 12.2. The first kappa shape index (κ1) is 14.3. The SMILES string of the molecule is Cc1cn([C@H]2CC[C@@]3(CNc4ncc(Br)c(Cl)c43)C2)nc1N. The van der Waals surface area contributed by atoms with Gasteiger partial charge in [0.15, 0.2) is 0 Å². The van der Waals surface area contributed by atoms with E-state index in [-0.39, 0.29) is 5.41 Å². The molecule has 0 saturated heterocycles. The van der Waals surface area contributed by atoms with Gasteiger partial charge in [-0.05, 0) is 42.1 Å². The van der Waals surface area contributed by atoms with Crippen molar-refractivity contribution in [3.8, 4) is 0 Å². The highest BCUT2D eigenvalue weighted by Crippen LogP contribution is 2.54. The minimum atomic E-state index is 0.0441. The predicted molar refractivity (Wildman–Crippen MR) is 91.4 cm³/mol. The molecule has 2 aromatic rings. The maximum absolute atomic E-state index is 6.56. The third-order valence-corrected chi connectivity index (χ3v) is 6.23. The number of fused-ring (bicyclic) bond motifs is 2. The van der Waals surface area contributed by atoms with E-state index in [1.807, 2.05) is 17.8 Å². The molecule has 2 aromatic heterocycles. The zero-order valence-corrected chi connectivity index (χ0v) is 14.6. The number of nitrogen functional groups attached to an aromatic ring is 1. The molecule has 1 fully saturated rings. The maximum atomic E-state index is 6.56. The molecule has 3 N–H and O–H groups in total. The van der Waals surface area contributed by atoms with Crippen molar-refractivity contribution >= 4 is 39.2 Å². The summed E-state index contributed by atoms with van der Waals surface area (Å²) in [4.78, 5) is 4.47. The number of pyridine rings is 1. The van der Waals surface area contributed by atoms with Crippen LogP contribution < -0.4 is 11.1 Å². The quantitative estimate of drug-likeness (QED) is 0.789. The van der Waals surface area contributed by atoms with Gasteiger partial charge >= 0.3 is 0 Å². The first-order valence-electron chi connectivity index (χ1n) is 7.40. The Labute approximate surface area is 142 Å². The van der Waals surface area contributed by atoms with E-state index >= 15 is 0 Å². The van der Waals surface area contributed by atoms with Crippen molar-refractivity contribution in [1.82, 2.24) is 14.8 Å². The highest BCUT2D eigenvalue weighted by molar-refractivity contribution is 9.10. The fourth-order valence-electron chi connectivity index (χ4n) is 3.82. The third-order valence-electron chi connectivity index (χ3n) is 5.01. The van der Waals surface area contributed by atoms with Gasteiger partial charge in [-0.2, -0.15) is 5.10 Å². The molecule has 1 aliphatic heterocycles. The first-order chi connectivity index (χ1) is 10.5. The van der Waals surface area contributed by atoms with Crippen LogP contribution in [0.25, 0.3) is 0 Å². The number of hydrogen-bond donors (Lipinski definition) is 2. The van der Waals surface area contributed by atoms with Crippen LogP contribution in [0.3, 0.4) is 0 Å². The van der Waals surface area contributed by atoms with E-state index in [2.05, 4.69) is 31.3 Å². The molecule has 7 heteroatoms. The number of rotatable bonds is 1. The second kappa shape index (κ2) is 4.86. The van der Waals surface area contributed by atoms with Crippen LogP contribution in [0.5, 0.6) is 0 Å². The van der Waals surface area contributed by atoms with Crippen molar-refractivity contribution < 1.29 is 0 Å². The van der Waals surface area contributed by atoms with Gasteiger partial charge in [0, 0.05) is 35.5 Å². The lowest BCUT2D eigenvalue weighted by Gasteiger charge is -2.24. The molecule has 0 bridgehead atoms. The van der Waals surface area contributed by atoms with E-state index < -0.39 is 0 Å². The molecule has 0 aromatic carbocycles. The van der Waals surface area contributed by atoms with E-state index in [4.69, 9.17) is 17.3 Å². The highest BCUT2D eigenvalue weighted by Gasteiger charge is 2.48. The van der Waals surface area contributed by atoms with E-state index in [1.165, 1.54) is 0 Å². The Hall–Kier alpha value is -1.27. The number of hydrogen-bond acceptors (Lipinski definition) is 4. The van der Waals surface area contributed by atoms with Crippen LogP contribution in [0.15, 0.2) is 16.9 Å². The molecule has 0 unspecified atom stereocenters. The zero-order chi connectivity index (χ0) is 15.5. The van der Waals surface area contributed by atoms with Gasteiger partial charge in [0.1, 0.15) is 11.6 Å². The number of aromatic nitrogens is 3. The van der Waals surface area contributed by atoms with Crippen molar-refractivity contribution in [2.45, 2.75) is 37.6 Å². The molecule has 1 spiro atoms. The van der Waals surface area contributed by atoms with Crippen molar-refractivity contribution in [3.63, 3.8) is 0 Å². The summed E-state index contributed by atoms with van der Waals surface area (Å²) in [5.74, 6) is 1.54. The number of halogens is 2. The molecular formula is C15H17BrClN5. The van der Waals surface area contributed by atoms with Gasteiger partial charge in [0.2, 0.25) is 0 Å². The Morgan fingerprint density at radius 2 is 2.36 bits per heavy atom. The monoisotopic (exact) mass is 381 g/mol. The van der Waals surface area contributed by atoms with E-state index in [0.717, 1.165) is 52.2 Å². The van der Waals surface area contributed by atoms with E-state index in [1.54, 1.807) is 6.20 Å². The molecule has 5 nitrogen and oxygen atoms in total. The van der Waals surface area contributed by atoms with E-state index in [0.29, 0.717) is 11.9 Å². The van der Waals surface area contributed by atoms with Crippen LogP contribution >= 0.6 is 27.5 Å². The lowest BCUT2D eigenvalue weighted by Crippen LogP contribution is -2.26. The number of anilines is 2. The normalized spacial score (nSPS) is 26.4. The van der Waals surface area contributed by atoms with Gasteiger partial charge in [-0.25, -0.2) is 4.98 Å². The molecule has 2 atom stereocenters. The fourth-order valence-corrected chi connectivity index (χ4v) is 4.46. The Bertz CT molecular complexity index is 739. The predicted octanol–water partition coefficient (Wildman–Crippen LogP) is 3.67. The summed E-state index contributed by atoms with van der Waals surface area (Å²) in [7, 11) is 0. The van der Waals surface area contributed by atoms with Gasteiger partial charge in [-0.15, -0.1) is 0 Å². The molecule has 0 radical (unpaired) electrons. The van der Waals surface area contributed by atoms with Crippen molar-refractivity contribution in [1.29, 1.82) is 0 Å². The summed E-state index contributed by atoms with van der Waals surface area (Å²) < 4.78 is 2.88. The largest absolute Gasteiger partial charge is 0.382 e. The third kappa shape index (κ3) is 1.97. The molecule has 116 valence electrons. The van der Waals surface area contributed by atoms with Crippen LogP contribution in [0.4, 0.5) is 11.6 Å². The molecule has 22 heavy (non-hydrogen) atoms. The van der Waals surface area contributed by atoms with Crippen LogP contribution in [0.1, 0.15) is 36.4 Å². The number of nitrogens with one attached hydrogen (secondary N) is 1. The molecule has 0 amide bonds. The standard InChI is InChI=1S/C15H17BrClN5/c1-8-6-22(21-13(8)18)9-2-3-15(4-9)7-20-14-11(15)12(17)10(16)5-19-14/h5-6,9H,2-4,7H2,1H3,(H2,18,21)(H,19,20)/t9-,15-/m0/s1. The Morgan fingerprint density at radius 1 is 1.55 bits per heavy atom. The summed E-state index contributed by atoms with van der Waals surface area (Å²) >= 11 is 10.1. The first-order valence-corrected chi connectivity index (χ1v) is 8.57. The topological polar surface area (TPSA) is 68.8 Å². The second-order valence-corrected chi connectivity index (χ2v) is 7.58. The molecule has 1 saturated carbocycles. The van der Waals surface area contributed by atoms with Crippen LogP contribution in [-0.2, 0) is 5.41 Å². The molecule has 3 heterocycles. The van der Waals surface area contributed by atoms with Crippen LogP contribution in [-0.4, -0.2) is 21.3 Å². The van der Waals surface area contributed by atoms with Gasteiger partial charge < -0.3 is 11.1 Å². The Kier molecular flexibility index (Phi) is 3.17. The van der Waals surface area contributed by atoms with Crippen molar-refractivity contribution in [3.05, 3.63) is 33.0 Å². The highest BCUT2D eigenvalue weighted by atomic mass is 79.9. The maximum Gasteiger partial charge on any atom is 0.148 e. The van der Waals surface area contributed by atoms with Crippen LogP contribution in [0, 0.1) is 6.92 Å². The second-order valence-electron chi connectivity index (χ2n) is 6.35. The Balaban J connectivity index is 1.71. The Morgan fingerprint density at radius 3 is 3.09 bits per heavy atom. The van der Waals surface area contributed by atoms with Gasteiger partial charge in [0.05, 0.1) is 15.5 Å². The lowest BCUT2D eigenvalue weighted by atomic mass is 9.81.